The maximum absolute atomic E-state index is 12.4. The van der Waals surface area contributed by atoms with Gasteiger partial charge in [0.2, 0.25) is 0 Å². The van der Waals surface area contributed by atoms with Gasteiger partial charge in [0.15, 0.2) is 5.69 Å². The Morgan fingerprint density at radius 3 is 2.22 bits per heavy atom. The number of carbonyl (C=O) groups excluding carboxylic acids is 1. The van der Waals surface area contributed by atoms with Gasteiger partial charge in [0.25, 0.3) is 0 Å². The van der Waals surface area contributed by atoms with Crippen LogP contribution in [0.15, 0.2) is 6.07 Å². The van der Waals surface area contributed by atoms with Gasteiger partial charge in [-0.2, -0.15) is 31.4 Å². The summed E-state index contributed by atoms with van der Waals surface area (Å²) in [7, 11) is 0.893. The number of esters is 1. The van der Waals surface area contributed by atoms with Gasteiger partial charge in [-0.05, 0) is 0 Å². The molecule has 0 atom stereocenters. The molecule has 1 rings (SSSR count). The van der Waals surface area contributed by atoms with Gasteiger partial charge < -0.3 is 4.74 Å². The van der Waals surface area contributed by atoms with Crippen molar-refractivity contribution in [2.45, 2.75) is 18.9 Å². The number of methoxy groups -OCH3 is 1. The van der Waals surface area contributed by atoms with E-state index in [1.807, 2.05) is 0 Å². The van der Waals surface area contributed by atoms with E-state index in [1.54, 1.807) is 0 Å². The number of halogens is 6. The van der Waals surface area contributed by atoms with Gasteiger partial charge in [-0.1, -0.05) is 0 Å². The minimum absolute atomic E-state index is 0.0886. The number of alkyl halides is 6. The van der Waals surface area contributed by atoms with Gasteiger partial charge in [-0.3, -0.25) is 4.79 Å². The first-order chi connectivity index (χ1) is 8.05. The summed E-state index contributed by atoms with van der Waals surface area (Å²) in [4.78, 5) is 10.8. The summed E-state index contributed by atoms with van der Waals surface area (Å²) >= 11 is 0. The summed E-state index contributed by atoms with van der Waals surface area (Å²) < 4.78 is 77.9. The molecular weight excluding hydrogens is 270 g/mol. The maximum atomic E-state index is 12.4. The Bertz CT molecular complexity index is 447. The van der Waals surface area contributed by atoms with E-state index in [9.17, 15) is 31.1 Å². The highest BCUT2D eigenvalue weighted by Gasteiger charge is 2.42. The maximum Gasteiger partial charge on any atom is 0.435 e. The third-order valence-corrected chi connectivity index (χ3v) is 1.87. The minimum Gasteiger partial charge on any atom is -0.468 e. The summed E-state index contributed by atoms with van der Waals surface area (Å²) in [6.45, 7) is -1.05. The van der Waals surface area contributed by atoms with Crippen LogP contribution in [0, 0.1) is 0 Å². The first kappa shape index (κ1) is 14.3. The van der Waals surface area contributed by atoms with Crippen LogP contribution in [0.5, 0.6) is 0 Å². The number of hydrogen-bond donors (Lipinski definition) is 0. The van der Waals surface area contributed by atoms with E-state index >= 15 is 0 Å². The van der Waals surface area contributed by atoms with Gasteiger partial charge in [0.05, 0.1) is 7.11 Å². The first-order valence-electron chi connectivity index (χ1n) is 4.34. The Morgan fingerprint density at radius 1 is 1.28 bits per heavy atom. The molecule has 10 heteroatoms. The fourth-order valence-corrected chi connectivity index (χ4v) is 1.09. The Kier molecular flexibility index (Phi) is 3.58. The lowest BCUT2D eigenvalue weighted by molar-refractivity contribution is -0.148. The second kappa shape index (κ2) is 4.50. The molecule has 4 nitrogen and oxygen atoms in total. The number of carbonyl (C=O) groups is 1. The van der Waals surface area contributed by atoms with Crippen molar-refractivity contribution in [1.82, 2.24) is 9.78 Å². The van der Waals surface area contributed by atoms with Gasteiger partial charge in [0, 0.05) is 6.07 Å². The lowest BCUT2D eigenvalue weighted by atomic mass is 10.3. The van der Waals surface area contributed by atoms with Crippen LogP contribution in [0.2, 0.25) is 0 Å². The van der Waals surface area contributed by atoms with Crippen molar-refractivity contribution < 1.29 is 35.9 Å². The fraction of sp³-hybridized carbons (Fsp3) is 0.500. The third-order valence-electron chi connectivity index (χ3n) is 1.87. The van der Waals surface area contributed by atoms with E-state index in [4.69, 9.17) is 0 Å². The monoisotopic (exact) mass is 276 g/mol. The van der Waals surface area contributed by atoms with Crippen molar-refractivity contribution in [2.75, 3.05) is 7.11 Å². The van der Waals surface area contributed by atoms with E-state index in [-0.39, 0.29) is 10.7 Å². The van der Waals surface area contributed by atoms with Crippen molar-refractivity contribution in [1.29, 1.82) is 0 Å². The Hall–Kier alpha value is -1.74. The predicted octanol–water partition coefficient (Wildman–Crippen LogP) is 2.09. The van der Waals surface area contributed by atoms with E-state index in [2.05, 4.69) is 9.84 Å². The number of rotatable bonds is 2. The first-order valence-corrected chi connectivity index (χ1v) is 4.34. The average Bonchev–Trinajstić information content (AvgIpc) is 2.60. The van der Waals surface area contributed by atoms with E-state index < -0.39 is 36.3 Å². The van der Waals surface area contributed by atoms with Gasteiger partial charge in [-0.15, -0.1) is 0 Å². The van der Waals surface area contributed by atoms with Crippen LogP contribution in [0.3, 0.4) is 0 Å². The van der Waals surface area contributed by atoms with Gasteiger partial charge >= 0.3 is 18.3 Å². The second-order valence-electron chi connectivity index (χ2n) is 3.14. The number of aromatic nitrogens is 2. The highest BCUT2D eigenvalue weighted by Crippen LogP contribution is 2.35. The van der Waals surface area contributed by atoms with Crippen LogP contribution in [0.25, 0.3) is 0 Å². The lowest BCUT2D eigenvalue weighted by Gasteiger charge is -2.08. The molecule has 0 unspecified atom stereocenters. The quantitative estimate of drug-likeness (QED) is 0.613. The molecule has 1 aromatic rings. The minimum atomic E-state index is -5.05. The summed E-state index contributed by atoms with van der Waals surface area (Å²) in [5, 5.41) is 2.71. The molecule has 0 aliphatic carbocycles. The summed E-state index contributed by atoms with van der Waals surface area (Å²) in [5.74, 6) is -1.14. The predicted molar refractivity (Wildman–Crippen MR) is 44.2 cm³/mol. The molecule has 102 valence electrons. The summed E-state index contributed by atoms with van der Waals surface area (Å²) in [6.07, 6.45) is -10.1. The normalized spacial score (nSPS) is 12.6. The molecule has 1 aromatic heterocycles. The number of ether oxygens (including phenoxy) is 1. The van der Waals surface area contributed by atoms with E-state index in [1.165, 1.54) is 0 Å². The lowest BCUT2D eigenvalue weighted by Crippen LogP contribution is -2.20. The van der Waals surface area contributed by atoms with Crippen molar-refractivity contribution in [3.63, 3.8) is 0 Å². The standard InChI is InChI=1S/C8H6F6N2O2/c1-18-6(17)3-16-5(8(12,13)14)2-4(15-16)7(9,10)11/h2H,3H2,1H3. The van der Waals surface area contributed by atoms with Gasteiger partial charge in [-0.25, -0.2) is 4.68 Å². The van der Waals surface area contributed by atoms with Crippen molar-refractivity contribution in [2.24, 2.45) is 0 Å². The largest absolute Gasteiger partial charge is 0.468 e. The van der Waals surface area contributed by atoms with Crippen LogP contribution in [0.4, 0.5) is 26.3 Å². The highest BCUT2D eigenvalue weighted by atomic mass is 19.4. The SMILES string of the molecule is COC(=O)Cn1nc(C(F)(F)F)cc1C(F)(F)F. The van der Waals surface area contributed by atoms with Crippen molar-refractivity contribution in [3.05, 3.63) is 17.5 Å². The molecule has 0 spiro atoms. The molecule has 0 amide bonds. The highest BCUT2D eigenvalue weighted by molar-refractivity contribution is 5.68. The Morgan fingerprint density at radius 2 is 1.83 bits per heavy atom. The van der Waals surface area contributed by atoms with Gasteiger partial charge in [0.1, 0.15) is 12.2 Å². The molecule has 0 N–H and O–H groups in total. The zero-order chi connectivity index (χ0) is 14.1. The molecule has 18 heavy (non-hydrogen) atoms. The van der Waals surface area contributed by atoms with Crippen LogP contribution in [-0.4, -0.2) is 22.9 Å². The number of nitrogens with zero attached hydrogens (tertiary/aromatic N) is 2. The third kappa shape index (κ3) is 3.14. The number of hydrogen-bond acceptors (Lipinski definition) is 3. The van der Waals surface area contributed by atoms with Crippen molar-refractivity contribution in [3.8, 4) is 0 Å². The van der Waals surface area contributed by atoms with Crippen LogP contribution >= 0.6 is 0 Å². The molecule has 1 heterocycles. The topological polar surface area (TPSA) is 44.1 Å². The van der Waals surface area contributed by atoms with Crippen LogP contribution in [-0.2, 0) is 28.4 Å². The summed E-state index contributed by atoms with van der Waals surface area (Å²) in [6, 6.07) is -0.164. The molecule has 0 aliphatic rings. The van der Waals surface area contributed by atoms with Crippen molar-refractivity contribution >= 4 is 5.97 Å². The van der Waals surface area contributed by atoms with E-state index in [0.29, 0.717) is 0 Å². The molecule has 0 saturated heterocycles. The summed E-state index contributed by atoms with van der Waals surface area (Å²) in [5.41, 5.74) is -3.39. The van der Waals surface area contributed by atoms with Crippen LogP contribution < -0.4 is 0 Å². The molecular formula is C8H6F6N2O2. The van der Waals surface area contributed by atoms with E-state index in [0.717, 1.165) is 7.11 Å². The zero-order valence-electron chi connectivity index (χ0n) is 8.76. The molecule has 0 fully saturated rings. The Balaban J connectivity index is 3.22. The van der Waals surface area contributed by atoms with Crippen LogP contribution in [0.1, 0.15) is 11.4 Å². The molecule has 0 bridgehead atoms. The molecule has 0 saturated carbocycles. The fourth-order valence-electron chi connectivity index (χ4n) is 1.09. The Labute approximate surface area is 96.1 Å². The molecule has 0 aromatic carbocycles. The second-order valence-corrected chi connectivity index (χ2v) is 3.14. The average molecular weight is 276 g/mol. The molecule has 0 radical (unpaired) electrons. The zero-order valence-corrected chi connectivity index (χ0v) is 8.76. The molecule has 0 aliphatic heterocycles. The smallest absolute Gasteiger partial charge is 0.435 e.